The van der Waals surface area contributed by atoms with Crippen LogP contribution in [0.3, 0.4) is 0 Å². The number of hydrogen-bond acceptors (Lipinski definition) is 0. The van der Waals surface area contributed by atoms with Crippen molar-refractivity contribution >= 4 is 16.5 Å². The largest absolute Gasteiger partial charge is 0.317 e. The fraction of sp³-hybridized carbons (Fsp3) is 0.0400. The topological polar surface area (TPSA) is 4.93 Å². The molecular weight excluding hydrogens is 352 g/mol. The molecule has 1 aliphatic rings. The van der Waals surface area contributed by atoms with E-state index < -0.39 is 0 Å². The summed E-state index contributed by atoms with van der Waals surface area (Å²) < 4.78 is 28.7. The van der Waals surface area contributed by atoms with Crippen molar-refractivity contribution in [2.24, 2.45) is 0 Å². The van der Waals surface area contributed by atoms with Gasteiger partial charge in [0.05, 0.1) is 5.52 Å². The average molecular weight is 369 g/mol. The quantitative estimate of drug-likeness (QED) is 0.381. The number of allylic oxidation sites excluding steroid dienone is 4. The van der Waals surface area contributed by atoms with Crippen LogP contribution in [0.4, 0.5) is 8.78 Å². The Morgan fingerprint density at radius 3 is 2.21 bits per heavy atom. The van der Waals surface area contributed by atoms with Gasteiger partial charge in [-0.25, -0.2) is 8.78 Å². The number of benzene rings is 3. The lowest BCUT2D eigenvalue weighted by molar-refractivity contribution is 0.627. The molecule has 1 heterocycles. The van der Waals surface area contributed by atoms with Gasteiger partial charge in [0.15, 0.2) is 0 Å². The highest BCUT2D eigenvalue weighted by molar-refractivity contribution is 5.88. The van der Waals surface area contributed by atoms with Gasteiger partial charge in [-0.2, -0.15) is 0 Å². The second kappa shape index (κ2) is 6.61. The third-order valence-corrected chi connectivity index (χ3v) is 5.27. The van der Waals surface area contributed by atoms with Crippen LogP contribution in [-0.4, -0.2) is 4.57 Å². The Hall–Kier alpha value is -3.46. The number of rotatable bonds is 3. The van der Waals surface area contributed by atoms with Gasteiger partial charge in [0, 0.05) is 17.8 Å². The van der Waals surface area contributed by atoms with Gasteiger partial charge in [-0.15, -0.1) is 0 Å². The molecule has 0 saturated heterocycles. The van der Waals surface area contributed by atoms with Crippen molar-refractivity contribution in [3.63, 3.8) is 0 Å². The van der Waals surface area contributed by atoms with Crippen molar-refractivity contribution in [1.29, 1.82) is 0 Å². The molecule has 0 bridgehead atoms. The molecule has 3 heteroatoms. The summed E-state index contributed by atoms with van der Waals surface area (Å²) in [6.45, 7) is 0. The van der Waals surface area contributed by atoms with Crippen molar-refractivity contribution in [2.75, 3.05) is 0 Å². The van der Waals surface area contributed by atoms with E-state index in [-0.39, 0.29) is 17.6 Å². The molecule has 1 nitrogen and oxygen atoms in total. The van der Waals surface area contributed by atoms with Crippen LogP contribution in [0.25, 0.3) is 22.2 Å². The smallest absolute Gasteiger partial charge is 0.123 e. The lowest BCUT2D eigenvalue weighted by atomic mass is 9.89. The normalized spacial score (nSPS) is 15.9. The van der Waals surface area contributed by atoms with E-state index in [2.05, 4.69) is 41.0 Å². The Bertz CT molecular complexity index is 1210. The molecular formula is C25H17F2N. The molecule has 3 aromatic carbocycles. The molecule has 0 saturated carbocycles. The summed E-state index contributed by atoms with van der Waals surface area (Å²) in [5, 5.41) is 1.12. The van der Waals surface area contributed by atoms with Crippen molar-refractivity contribution in [3.05, 3.63) is 120 Å². The summed E-state index contributed by atoms with van der Waals surface area (Å²) in [5.41, 5.74) is 5.35. The van der Waals surface area contributed by atoms with Gasteiger partial charge in [0.1, 0.15) is 11.6 Å². The Morgan fingerprint density at radius 2 is 1.46 bits per heavy atom. The van der Waals surface area contributed by atoms with Gasteiger partial charge in [-0.05, 0) is 70.6 Å². The first-order chi connectivity index (χ1) is 13.7. The molecule has 0 amide bonds. The molecule has 0 N–H and O–H groups in total. The molecule has 136 valence electrons. The SMILES string of the molecule is Fc1ccc(C2C=CC=C2c2ccc3ccn(-c4ccc(F)cc4)c3c2)cc1. The fourth-order valence-electron chi connectivity index (χ4n) is 3.85. The summed E-state index contributed by atoms with van der Waals surface area (Å²) >= 11 is 0. The lowest BCUT2D eigenvalue weighted by Gasteiger charge is -2.16. The predicted octanol–water partition coefficient (Wildman–Crippen LogP) is 6.65. The van der Waals surface area contributed by atoms with Gasteiger partial charge in [0.2, 0.25) is 0 Å². The van der Waals surface area contributed by atoms with Crippen LogP contribution >= 0.6 is 0 Å². The average Bonchev–Trinajstić information content (AvgIpc) is 3.36. The Balaban J connectivity index is 1.57. The number of hydrogen-bond donors (Lipinski definition) is 0. The third kappa shape index (κ3) is 2.85. The molecule has 1 aliphatic carbocycles. The van der Waals surface area contributed by atoms with E-state index in [0.29, 0.717) is 0 Å². The second-order valence-electron chi connectivity index (χ2n) is 6.97. The maximum atomic E-state index is 13.3. The minimum atomic E-state index is -0.245. The maximum Gasteiger partial charge on any atom is 0.123 e. The highest BCUT2D eigenvalue weighted by atomic mass is 19.1. The second-order valence-corrected chi connectivity index (χ2v) is 6.97. The zero-order valence-electron chi connectivity index (χ0n) is 15.0. The number of aromatic nitrogens is 1. The predicted molar refractivity (Wildman–Crippen MR) is 109 cm³/mol. The standard InChI is InChI=1S/C25H17F2N/c26-20-8-6-17(7-9-20)23-2-1-3-24(23)19-5-4-18-14-15-28(25(18)16-19)22-12-10-21(27)11-13-22/h1-16,23H. The van der Waals surface area contributed by atoms with Crippen LogP contribution in [0.1, 0.15) is 17.0 Å². The molecule has 1 unspecified atom stereocenters. The van der Waals surface area contributed by atoms with Crippen molar-refractivity contribution in [3.8, 4) is 5.69 Å². The Labute approximate surface area is 161 Å². The van der Waals surface area contributed by atoms with Gasteiger partial charge in [-0.3, -0.25) is 0 Å². The van der Waals surface area contributed by atoms with E-state index >= 15 is 0 Å². The van der Waals surface area contributed by atoms with E-state index in [1.807, 2.05) is 24.4 Å². The van der Waals surface area contributed by atoms with E-state index in [9.17, 15) is 8.78 Å². The Morgan fingerprint density at radius 1 is 0.750 bits per heavy atom. The van der Waals surface area contributed by atoms with Gasteiger partial charge in [0.25, 0.3) is 0 Å². The highest BCUT2D eigenvalue weighted by Gasteiger charge is 2.19. The number of nitrogens with zero attached hydrogens (tertiary/aromatic N) is 1. The Kier molecular flexibility index (Phi) is 3.94. The summed E-state index contributed by atoms with van der Waals surface area (Å²) in [5.74, 6) is -0.368. The molecule has 1 atom stereocenters. The summed E-state index contributed by atoms with van der Waals surface area (Å²) in [6.07, 6.45) is 8.29. The molecule has 28 heavy (non-hydrogen) atoms. The highest BCUT2D eigenvalue weighted by Crippen LogP contribution is 2.38. The van der Waals surface area contributed by atoms with Crippen LogP contribution in [0.5, 0.6) is 0 Å². The third-order valence-electron chi connectivity index (χ3n) is 5.27. The minimum absolute atomic E-state index is 0.104. The summed E-state index contributed by atoms with van der Waals surface area (Å²) in [6, 6.07) is 21.6. The van der Waals surface area contributed by atoms with Gasteiger partial charge < -0.3 is 4.57 Å². The van der Waals surface area contributed by atoms with E-state index in [0.717, 1.165) is 27.7 Å². The van der Waals surface area contributed by atoms with E-state index in [1.54, 1.807) is 12.1 Å². The summed E-state index contributed by atoms with van der Waals surface area (Å²) in [4.78, 5) is 0. The van der Waals surface area contributed by atoms with E-state index in [4.69, 9.17) is 0 Å². The maximum absolute atomic E-state index is 13.3. The van der Waals surface area contributed by atoms with Crippen LogP contribution in [0.15, 0.2) is 97.2 Å². The van der Waals surface area contributed by atoms with Crippen LogP contribution in [0, 0.1) is 11.6 Å². The van der Waals surface area contributed by atoms with Crippen molar-refractivity contribution < 1.29 is 8.78 Å². The zero-order chi connectivity index (χ0) is 19.1. The van der Waals surface area contributed by atoms with Crippen LogP contribution < -0.4 is 0 Å². The van der Waals surface area contributed by atoms with Crippen LogP contribution in [0.2, 0.25) is 0 Å². The molecule has 4 aromatic rings. The monoisotopic (exact) mass is 369 g/mol. The van der Waals surface area contributed by atoms with Crippen molar-refractivity contribution in [2.45, 2.75) is 5.92 Å². The van der Waals surface area contributed by atoms with Crippen LogP contribution in [-0.2, 0) is 0 Å². The molecule has 0 spiro atoms. The summed E-state index contributed by atoms with van der Waals surface area (Å²) in [7, 11) is 0. The zero-order valence-corrected chi connectivity index (χ0v) is 15.0. The first kappa shape index (κ1) is 16.7. The van der Waals surface area contributed by atoms with Gasteiger partial charge in [-0.1, -0.05) is 42.5 Å². The lowest BCUT2D eigenvalue weighted by Crippen LogP contribution is -1.98. The number of fused-ring (bicyclic) bond motifs is 1. The minimum Gasteiger partial charge on any atom is -0.317 e. The first-order valence-electron chi connectivity index (χ1n) is 9.20. The molecule has 0 fully saturated rings. The molecule has 0 radical (unpaired) electrons. The fourth-order valence-corrected chi connectivity index (χ4v) is 3.85. The number of halogens is 2. The van der Waals surface area contributed by atoms with E-state index in [1.165, 1.54) is 29.8 Å². The molecule has 5 rings (SSSR count). The molecule has 1 aromatic heterocycles. The van der Waals surface area contributed by atoms with Crippen molar-refractivity contribution in [1.82, 2.24) is 4.57 Å². The van der Waals surface area contributed by atoms with Gasteiger partial charge >= 0.3 is 0 Å². The molecule has 0 aliphatic heterocycles. The first-order valence-corrected chi connectivity index (χ1v) is 9.20.